The van der Waals surface area contributed by atoms with Crippen LogP contribution in [0.15, 0.2) is 29.2 Å². The van der Waals surface area contributed by atoms with Crippen molar-refractivity contribution in [1.82, 2.24) is 5.32 Å². The molecule has 18 heavy (non-hydrogen) atoms. The van der Waals surface area contributed by atoms with Crippen LogP contribution in [0.1, 0.15) is 37.7 Å². The summed E-state index contributed by atoms with van der Waals surface area (Å²) in [6.07, 6.45) is 5.87. The Morgan fingerprint density at radius 2 is 1.89 bits per heavy atom. The Morgan fingerprint density at radius 1 is 1.11 bits per heavy atom. The highest BCUT2D eigenvalue weighted by atomic mass is 32.2. The molecule has 2 aliphatic carbocycles. The lowest BCUT2D eigenvalue weighted by Gasteiger charge is -2.14. The quantitative estimate of drug-likeness (QED) is 0.856. The van der Waals surface area contributed by atoms with Crippen molar-refractivity contribution in [1.29, 1.82) is 0 Å². The van der Waals surface area contributed by atoms with Crippen molar-refractivity contribution in [2.45, 2.75) is 60.9 Å². The molecule has 0 aromatic heterocycles. The molecule has 0 radical (unpaired) electrons. The Labute approximate surface area is 113 Å². The zero-order chi connectivity index (χ0) is 12.4. The first-order chi connectivity index (χ1) is 8.81. The van der Waals surface area contributed by atoms with Gasteiger partial charge >= 0.3 is 0 Å². The Balaban J connectivity index is 1.53. The molecule has 0 spiro atoms. The smallest absolute Gasteiger partial charge is 0.0662 e. The van der Waals surface area contributed by atoms with Crippen molar-refractivity contribution in [2.75, 3.05) is 0 Å². The molecule has 98 valence electrons. The SMILES string of the molecule is OC1CCCC1Sc1ccc(CNC2CC2)cc1. The number of aliphatic hydroxyl groups excluding tert-OH is 1. The van der Waals surface area contributed by atoms with E-state index in [1.54, 1.807) is 0 Å². The molecule has 0 heterocycles. The fourth-order valence-electron chi connectivity index (χ4n) is 2.45. The van der Waals surface area contributed by atoms with Crippen molar-refractivity contribution in [2.24, 2.45) is 0 Å². The van der Waals surface area contributed by atoms with E-state index in [4.69, 9.17) is 0 Å². The van der Waals surface area contributed by atoms with E-state index >= 15 is 0 Å². The van der Waals surface area contributed by atoms with Crippen LogP contribution in [-0.2, 0) is 6.54 Å². The number of benzene rings is 1. The van der Waals surface area contributed by atoms with Gasteiger partial charge in [-0.25, -0.2) is 0 Å². The predicted octanol–water partition coefficient (Wildman–Crippen LogP) is 2.94. The molecule has 1 aromatic rings. The van der Waals surface area contributed by atoms with Crippen molar-refractivity contribution in [3.05, 3.63) is 29.8 Å². The number of hydrogen-bond acceptors (Lipinski definition) is 3. The van der Waals surface area contributed by atoms with Gasteiger partial charge in [0.15, 0.2) is 0 Å². The second-order valence-corrected chi connectivity index (χ2v) is 6.77. The van der Waals surface area contributed by atoms with Crippen LogP contribution < -0.4 is 5.32 Å². The van der Waals surface area contributed by atoms with Gasteiger partial charge < -0.3 is 10.4 Å². The largest absolute Gasteiger partial charge is 0.392 e. The number of hydrogen-bond donors (Lipinski definition) is 2. The summed E-state index contributed by atoms with van der Waals surface area (Å²) in [5.74, 6) is 0. The lowest BCUT2D eigenvalue weighted by atomic mass is 10.2. The number of rotatable bonds is 5. The van der Waals surface area contributed by atoms with Gasteiger partial charge in [0.1, 0.15) is 0 Å². The van der Waals surface area contributed by atoms with E-state index in [-0.39, 0.29) is 6.10 Å². The fourth-order valence-corrected chi connectivity index (χ4v) is 3.67. The first-order valence-electron chi connectivity index (χ1n) is 6.98. The molecule has 0 saturated heterocycles. The Kier molecular flexibility index (Phi) is 3.92. The Morgan fingerprint density at radius 3 is 2.50 bits per heavy atom. The number of nitrogens with one attached hydrogen (secondary N) is 1. The van der Waals surface area contributed by atoms with E-state index in [2.05, 4.69) is 29.6 Å². The lowest BCUT2D eigenvalue weighted by Crippen LogP contribution is -2.15. The van der Waals surface area contributed by atoms with Crippen LogP contribution in [-0.4, -0.2) is 22.5 Å². The first-order valence-corrected chi connectivity index (χ1v) is 7.86. The van der Waals surface area contributed by atoms with Crippen LogP contribution in [0, 0.1) is 0 Å². The molecule has 0 bridgehead atoms. The third-order valence-corrected chi connectivity index (χ3v) is 5.20. The van der Waals surface area contributed by atoms with Crippen LogP contribution in [0.4, 0.5) is 0 Å². The van der Waals surface area contributed by atoms with Gasteiger partial charge in [0, 0.05) is 22.7 Å². The molecule has 2 unspecified atom stereocenters. The molecule has 2 fully saturated rings. The summed E-state index contributed by atoms with van der Waals surface area (Å²) in [5.41, 5.74) is 1.36. The molecule has 2 aliphatic rings. The second kappa shape index (κ2) is 5.64. The highest BCUT2D eigenvalue weighted by molar-refractivity contribution is 8.00. The summed E-state index contributed by atoms with van der Waals surface area (Å²) in [4.78, 5) is 1.29. The zero-order valence-electron chi connectivity index (χ0n) is 10.6. The normalized spacial score (nSPS) is 27.6. The van der Waals surface area contributed by atoms with Crippen LogP contribution in [0.5, 0.6) is 0 Å². The topological polar surface area (TPSA) is 32.3 Å². The molecular weight excluding hydrogens is 242 g/mol. The molecule has 2 N–H and O–H groups in total. The average molecular weight is 263 g/mol. The third kappa shape index (κ3) is 3.28. The van der Waals surface area contributed by atoms with Crippen LogP contribution in [0.3, 0.4) is 0 Å². The fraction of sp³-hybridized carbons (Fsp3) is 0.600. The molecular formula is C15H21NOS. The average Bonchev–Trinajstić information content (AvgIpc) is 3.13. The van der Waals surface area contributed by atoms with Gasteiger partial charge in [0.25, 0.3) is 0 Å². The van der Waals surface area contributed by atoms with Crippen molar-refractivity contribution >= 4 is 11.8 Å². The minimum absolute atomic E-state index is 0.105. The summed E-state index contributed by atoms with van der Waals surface area (Å²) in [6, 6.07) is 9.57. The molecule has 0 amide bonds. The van der Waals surface area contributed by atoms with E-state index in [1.807, 2.05) is 11.8 Å². The van der Waals surface area contributed by atoms with Gasteiger partial charge in [-0.05, 0) is 49.8 Å². The van der Waals surface area contributed by atoms with Gasteiger partial charge in [-0.1, -0.05) is 12.1 Å². The maximum absolute atomic E-state index is 9.83. The van der Waals surface area contributed by atoms with Crippen LogP contribution in [0.2, 0.25) is 0 Å². The summed E-state index contributed by atoms with van der Waals surface area (Å²) in [5, 5.41) is 13.8. The van der Waals surface area contributed by atoms with Gasteiger partial charge in [-0.3, -0.25) is 0 Å². The predicted molar refractivity (Wildman–Crippen MR) is 75.8 cm³/mol. The van der Waals surface area contributed by atoms with Crippen molar-refractivity contribution in [3.8, 4) is 0 Å². The number of thioether (sulfide) groups is 1. The monoisotopic (exact) mass is 263 g/mol. The van der Waals surface area contributed by atoms with E-state index in [0.29, 0.717) is 5.25 Å². The molecule has 0 aliphatic heterocycles. The molecule has 2 atom stereocenters. The van der Waals surface area contributed by atoms with Gasteiger partial charge in [0.05, 0.1) is 6.10 Å². The van der Waals surface area contributed by atoms with E-state index in [9.17, 15) is 5.11 Å². The van der Waals surface area contributed by atoms with Gasteiger partial charge in [-0.15, -0.1) is 11.8 Å². The third-order valence-electron chi connectivity index (χ3n) is 3.80. The minimum Gasteiger partial charge on any atom is -0.392 e. The summed E-state index contributed by atoms with van der Waals surface area (Å²) in [6.45, 7) is 0.988. The molecule has 3 rings (SSSR count). The molecule has 2 nitrogen and oxygen atoms in total. The Hall–Kier alpha value is -0.510. The highest BCUT2D eigenvalue weighted by Gasteiger charge is 2.25. The van der Waals surface area contributed by atoms with E-state index < -0.39 is 0 Å². The van der Waals surface area contributed by atoms with Gasteiger partial charge in [0.2, 0.25) is 0 Å². The summed E-state index contributed by atoms with van der Waals surface area (Å²) < 4.78 is 0. The second-order valence-electron chi connectivity index (χ2n) is 5.45. The maximum atomic E-state index is 9.83. The van der Waals surface area contributed by atoms with Crippen molar-refractivity contribution < 1.29 is 5.11 Å². The van der Waals surface area contributed by atoms with Crippen molar-refractivity contribution in [3.63, 3.8) is 0 Å². The lowest BCUT2D eigenvalue weighted by molar-refractivity contribution is 0.188. The molecule has 1 aromatic carbocycles. The zero-order valence-corrected chi connectivity index (χ0v) is 11.5. The maximum Gasteiger partial charge on any atom is 0.0662 e. The number of aliphatic hydroxyl groups is 1. The summed E-state index contributed by atoms with van der Waals surface area (Å²) in [7, 11) is 0. The van der Waals surface area contributed by atoms with E-state index in [0.717, 1.165) is 25.4 Å². The molecule has 3 heteroatoms. The Bertz CT molecular complexity index is 388. The summed E-state index contributed by atoms with van der Waals surface area (Å²) >= 11 is 1.83. The molecule has 2 saturated carbocycles. The van der Waals surface area contributed by atoms with Crippen LogP contribution in [0.25, 0.3) is 0 Å². The minimum atomic E-state index is -0.105. The first kappa shape index (κ1) is 12.5. The van der Waals surface area contributed by atoms with Gasteiger partial charge in [-0.2, -0.15) is 0 Å². The highest BCUT2D eigenvalue weighted by Crippen LogP contribution is 2.35. The standard InChI is InChI=1S/C15H21NOS/c17-14-2-1-3-15(14)18-13-8-4-11(5-9-13)10-16-12-6-7-12/h4-5,8-9,12,14-17H,1-3,6-7,10H2. The van der Waals surface area contributed by atoms with E-state index in [1.165, 1.54) is 29.7 Å². The van der Waals surface area contributed by atoms with Crippen LogP contribution >= 0.6 is 11.8 Å².